The van der Waals surface area contributed by atoms with Gasteiger partial charge in [-0.05, 0) is 25.7 Å². The van der Waals surface area contributed by atoms with E-state index in [2.05, 4.69) is 0 Å². The van der Waals surface area contributed by atoms with Crippen LogP contribution in [0.5, 0.6) is 0 Å². The molecule has 4 fully saturated rings. The summed E-state index contributed by atoms with van der Waals surface area (Å²) in [6.07, 6.45) is 13.9. The number of rotatable bonds is 0. The highest BCUT2D eigenvalue weighted by Gasteiger charge is 2.88. The van der Waals surface area contributed by atoms with Gasteiger partial charge in [-0.3, -0.25) is 0 Å². The molecule has 3 saturated carbocycles. The molecule has 2 nitrogen and oxygen atoms in total. The average Bonchev–Trinajstić information content (AvgIpc) is 2.82. The van der Waals surface area contributed by atoms with E-state index in [1.54, 1.807) is 0 Å². The molecule has 0 bridgehead atoms. The average molecular weight is 236 g/mol. The Hall–Kier alpha value is -0.0800. The molecule has 2 heteroatoms. The highest BCUT2D eigenvalue weighted by atomic mass is 16.8. The van der Waals surface area contributed by atoms with E-state index >= 15 is 0 Å². The third kappa shape index (κ3) is 1.06. The summed E-state index contributed by atoms with van der Waals surface area (Å²) in [6, 6.07) is 0. The van der Waals surface area contributed by atoms with E-state index in [9.17, 15) is 0 Å². The zero-order chi connectivity index (χ0) is 11.4. The van der Waals surface area contributed by atoms with Crippen molar-refractivity contribution in [2.24, 2.45) is 10.8 Å². The maximum absolute atomic E-state index is 6.22. The molecule has 0 N–H and O–H groups in total. The molecule has 3 aliphatic carbocycles. The second-order valence-electron chi connectivity index (χ2n) is 6.60. The number of hydrogen-bond donors (Lipinski definition) is 0. The molecule has 0 amide bonds. The fraction of sp³-hybridized carbons (Fsp3) is 1.00. The van der Waals surface area contributed by atoms with Crippen molar-refractivity contribution in [3.8, 4) is 0 Å². The van der Waals surface area contributed by atoms with Crippen molar-refractivity contribution in [3.05, 3.63) is 0 Å². The van der Waals surface area contributed by atoms with Crippen molar-refractivity contribution in [1.82, 2.24) is 0 Å². The monoisotopic (exact) mass is 236 g/mol. The molecule has 4 aliphatic rings. The van der Waals surface area contributed by atoms with E-state index in [0.717, 1.165) is 13.2 Å². The zero-order valence-electron chi connectivity index (χ0n) is 10.8. The smallest absolute Gasteiger partial charge is 0.181 e. The van der Waals surface area contributed by atoms with E-state index in [1.807, 2.05) is 0 Å². The first kappa shape index (κ1) is 10.8. The molecule has 17 heavy (non-hydrogen) atoms. The predicted octanol–water partition coefficient (Wildman–Crippen LogP) is 3.64. The predicted molar refractivity (Wildman–Crippen MR) is 65.7 cm³/mol. The Morgan fingerprint density at radius 1 is 0.529 bits per heavy atom. The molecule has 0 aromatic heterocycles. The van der Waals surface area contributed by atoms with Gasteiger partial charge in [-0.2, -0.15) is 0 Å². The first-order valence-electron chi connectivity index (χ1n) is 7.65. The van der Waals surface area contributed by atoms with Gasteiger partial charge < -0.3 is 9.47 Å². The highest BCUT2D eigenvalue weighted by molar-refractivity contribution is 5.30. The van der Waals surface area contributed by atoms with Crippen molar-refractivity contribution in [2.45, 2.75) is 70.0 Å². The van der Waals surface area contributed by atoms with Gasteiger partial charge in [-0.1, -0.05) is 38.5 Å². The molecular formula is C15H24O2. The summed E-state index contributed by atoms with van der Waals surface area (Å²) in [5.41, 5.74) is 0.852. The maximum Gasteiger partial charge on any atom is 0.181 e. The molecule has 96 valence electrons. The minimum absolute atomic E-state index is 0.124. The van der Waals surface area contributed by atoms with Crippen LogP contribution in [0.25, 0.3) is 0 Å². The van der Waals surface area contributed by atoms with Gasteiger partial charge in [0.15, 0.2) is 5.79 Å². The lowest BCUT2D eigenvalue weighted by Gasteiger charge is -2.29. The van der Waals surface area contributed by atoms with E-state index in [4.69, 9.17) is 9.47 Å². The molecular weight excluding hydrogens is 212 g/mol. The molecule has 0 unspecified atom stereocenters. The van der Waals surface area contributed by atoms with Crippen LogP contribution in [0.1, 0.15) is 64.2 Å². The molecule has 0 atom stereocenters. The summed E-state index contributed by atoms with van der Waals surface area (Å²) >= 11 is 0. The summed E-state index contributed by atoms with van der Waals surface area (Å²) < 4.78 is 12.4. The summed E-state index contributed by atoms with van der Waals surface area (Å²) in [6.45, 7) is 1.67. The van der Waals surface area contributed by atoms with Crippen LogP contribution in [0.4, 0.5) is 0 Å². The van der Waals surface area contributed by atoms with Crippen molar-refractivity contribution in [1.29, 1.82) is 0 Å². The number of hydrogen-bond acceptors (Lipinski definition) is 2. The maximum atomic E-state index is 6.22. The largest absolute Gasteiger partial charge is 0.346 e. The molecule has 0 aromatic rings. The Bertz CT molecular complexity index is 279. The molecule has 0 radical (unpaired) electrons. The summed E-state index contributed by atoms with van der Waals surface area (Å²) in [5, 5.41) is 0. The normalized spacial score (nSPS) is 36.7. The standard InChI is InChI=1S/C15H24O2/c1-3-7-13(8-4-1)14(9-5-2-6-10-14)15(13)16-11-12-17-15/h1-12H2. The van der Waals surface area contributed by atoms with Crippen LogP contribution in [0, 0.1) is 10.8 Å². The third-order valence-corrected chi connectivity index (χ3v) is 6.22. The van der Waals surface area contributed by atoms with Gasteiger partial charge >= 0.3 is 0 Å². The van der Waals surface area contributed by atoms with E-state index in [1.165, 1.54) is 64.2 Å². The highest BCUT2D eigenvalue weighted by Crippen LogP contribution is 2.84. The lowest BCUT2D eigenvalue weighted by molar-refractivity contribution is -0.127. The fourth-order valence-electron chi connectivity index (χ4n) is 5.66. The molecule has 1 aliphatic heterocycles. The Kier molecular flexibility index (Phi) is 2.21. The summed E-state index contributed by atoms with van der Waals surface area (Å²) in [4.78, 5) is 0. The Morgan fingerprint density at radius 2 is 0.941 bits per heavy atom. The molecule has 3 spiro atoms. The summed E-state index contributed by atoms with van der Waals surface area (Å²) in [7, 11) is 0. The van der Waals surface area contributed by atoms with Crippen LogP contribution in [0.2, 0.25) is 0 Å². The SMILES string of the molecule is C1CCC2(CC1)C1(CCCCC1)C21OCCO1. The summed E-state index contributed by atoms with van der Waals surface area (Å²) in [5.74, 6) is -0.124. The topological polar surface area (TPSA) is 18.5 Å². The second-order valence-corrected chi connectivity index (χ2v) is 6.60. The van der Waals surface area contributed by atoms with Crippen LogP contribution in [-0.2, 0) is 9.47 Å². The van der Waals surface area contributed by atoms with Gasteiger partial charge in [-0.15, -0.1) is 0 Å². The van der Waals surface area contributed by atoms with Gasteiger partial charge in [0, 0.05) is 10.8 Å². The number of ether oxygens (including phenoxy) is 2. The second kappa shape index (κ2) is 3.48. The molecule has 1 heterocycles. The van der Waals surface area contributed by atoms with Gasteiger partial charge in [0.2, 0.25) is 0 Å². The van der Waals surface area contributed by atoms with E-state index in [0.29, 0.717) is 10.8 Å². The fourth-order valence-corrected chi connectivity index (χ4v) is 5.66. The zero-order valence-corrected chi connectivity index (χ0v) is 10.8. The van der Waals surface area contributed by atoms with Crippen LogP contribution >= 0.6 is 0 Å². The Labute approximate surface area is 104 Å². The Morgan fingerprint density at radius 3 is 1.35 bits per heavy atom. The Balaban J connectivity index is 1.72. The van der Waals surface area contributed by atoms with Gasteiger partial charge in [0.1, 0.15) is 0 Å². The minimum atomic E-state index is -0.124. The van der Waals surface area contributed by atoms with Crippen molar-refractivity contribution < 1.29 is 9.47 Å². The van der Waals surface area contributed by atoms with Crippen LogP contribution in [0.15, 0.2) is 0 Å². The quantitative estimate of drug-likeness (QED) is 0.639. The van der Waals surface area contributed by atoms with E-state index < -0.39 is 0 Å². The first-order chi connectivity index (χ1) is 8.37. The molecule has 1 saturated heterocycles. The van der Waals surface area contributed by atoms with Crippen molar-refractivity contribution in [3.63, 3.8) is 0 Å². The minimum Gasteiger partial charge on any atom is -0.346 e. The van der Waals surface area contributed by atoms with Crippen LogP contribution < -0.4 is 0 Å². The van der Waals surface area contributed by atoms with Gasteiger partial charge in [-0.25, -0.2) is 0 Å². The van der Waals surface area contributed by atoms with Gasteiger partial charge in [0.25, 0.3) is 0 Å². The number of fused-ring (bicyclic) bond motifs is 3. The first-order valence-corrected chi connectivity index (χ1v) is 7.65. The van der Waals surface area contributed by atoms with Crippen molar-refractivity contribution >= 4 is 0 Å². The van der Waals surface area contributed by atoms with Crippen LogP contribution in [-0.4, -0.2) is 19.0 Å². The lowest BCUT2D eigenvalue weighted by Crippen LogP contribution is -2.24. The van der Waals surface area contributed by atoms with E-state index in [-0.39, 0.29) is 5.79 Å². The lowest BCUT2D eigenvalue weighted by atomic mass is 9.73. The molecule has 0 aromatic carbocycles. The molecule has 4 rings (SSSR count). The van der Waals surface area contributed by atoms with Crippen LogP contribution in [0.3, 0.4) is 0 Å². The van der Waals surface area contributed by atoms with Gasteiger partial charge in [0.05, 0.1) is 13.2 Å². The van der Waals surface area contributed by atoms with Crippen molar-refractivity contribution in [2.75, 3.05) is 13.2 Å². The third-order valence-electron chi connectivity index (χ3n) is 6.22.